The summed E-state index contributed by atoms with van der Waals surface area (Å²) in [6.45, 7) is 4.35. The molecule has 8 heteroatoms. The number of nitrogens with zero attached hydrogens (tertiary/aromatic N) is 2. The topological polar surface area (TPSA) is 88.2 Å². The average Bonchev–Trinajstić information content (AvgIpc) is 3.06. The third-order valence-corrected chi connectivity index (χ3v) is 4.64. The highest BCUT2D eigenvalue weighted by atomic mass is 16.5. The molecule has 0 bridgehead atoms. The first kappa shape index (κ1) is 18.8. The number of benzene rings is 1. The molecule has 1 fully saturated rings. The molecule has 1 atom stereocenters. The predicted octanol–water partition coefficient (Wildman–Crippen LogP) is 1.02. The second-order valence-corrected chi connectivity index (χ2v) is 6.45. The van der Waals surface area contributed by atoms with E-state index in [9.17, 15) is 14.4 Å². The third-order valence-electron chi connectivity index (χ3n) is 4.64. The highest BCUT2D eigenvalue weighted by molar-refractivity contribution is 6.18. The van der Waals surface area contributed by atoms with Gasteiger partial charge >= 0.3 is 12.1 Å². The molecule has 1 aromatic carbocycles. The minimum absolute atomic E-state index is 0.162. The van der Waals surface area contributed by atoms with Gasteiger partial charge in [0.15, 0.2) is 0 Å². The molecule has 144 valence electrons. The summed E-state index contributed by atoms with van der Waals surface area (Å²) in [6, 6.07) is 7.68. The second kappa shape index (κ2) is 8.11. The molecule has 1 aromatic rings. The number of esters is 1. The van der Waals surface area contributed by atoms with Crippen LogP contribution >= 0.6 is 0 Å². The highest BCUT2D eigenvalue weighted by Gasteiger charge is 2.27. The number of amides is 2. The Kier molecular flexibility index (Phi) is 5.63. The quantitative estimate of drug-likeness (QED) is 0.793. The molecule has 0 aromatic heterocycles. The van der Waals surface area contributed by atoms with E-state index in [1.165, 1.54) is 14.0 Å². The summed E-state index contributed by atoms with van der Waals surface area (Å²) in [5, 5.41) is 2.64. The normalized spacial score (nSPS) is 19.4. The SMILES string of the molecule is COC(=O)N1CCN(c2ccc(C3=C[C@H](CNC(C)=O)OC3=O)cc2)CC1. The van der Waals surface area contributed by atoms with E-state index in [-0.39, 0.29) is 24.5 Å². The maximum absolute atomic E-state index is 12.1. The van der Waals surface area contributed by atoms with Crippen molar-refractivity contribution in [3.05, 3.63) is 35.9 Å². The number of ether oxygens (including phenoxy) is 2. The molecule has 27 heavy (non-hydrogen) atoms. The third kappa shape index (κ3) is 4.39. The van der Waals surface area contributed by atoms with E-state index >= 15 is 0 Å². The van der Waals surface area contributed by atoms with E-state index in [2.05, 4.69) is 10.2 Å². The molecule has 3 rings (SSSR count). The lowest BCUT2D eigenvalue weighted by molar-refractivity contribution is -0.138. The van der Waals surface area contributed by atoms with E-state index < -0.39 is 6.10 Å². The van der Waals surface area contributed by atoms with Gasteiger partial charge in [0.1, 0.15) is 6.10 Å². The fourth-order valence-corrected chi connectivity index (χ4v) is 3.18. The number of cyclic esters (lactones) is 1. The van der Waals surface area contributed by atoms with Crippen molar-refractivity contribution in [2.45, 2.75) is 13.0 Å². The summed E-state index contributed by atoms with van der Waals surface area (Å²) in [6.07, 6.45) is 0.996. The van der Waals surface area contributed by atoms with Crippen molar-refractivity contribution in [1.29, 1.82) is 0 Å². The van der Waals surface area contributed by atoms with Gasteiger partial charge in [0, 0.05) is 38.8 Å². The van der Waals surface area contributed by atoms with Crippen LogP contribution in [0.5, 0.6) is 0 Å². The summed E-state index contributed by atoms with van der Waals surface area (Å²) in [7, 11) is 1.39. The van der Waals surface area contributed by atoms with Crippen molar-refractivity contribution in [2.75, 3.05) is 44.7 Å². The molecule has 8 nitrogen and oxygen atoms in total. The van der Waals surface area contributed by atoms with Crippen LogP contribution in [-0.2, 0) is 19.1 Å². The Bertz CT molecular complexity index is 751. The van der Waals surface area contributed by atoms with Crippen LogP contribution in [0.25, 0.3) is 5.57 Å². The molecule has 1 N–H and O–H groups in total. The summed E-state index contributed by atoms with van der Waals surface area (Å²) < 4.78 is 10.0. The molecule has 2 aliphatic rings. The summed E-state index contributed by atoms with van der Waals surface area (Å²) in [4.78, 5) is 38.5. The Balaban J connectivity index is 1.62. The fraction of sp³-hybridized carbons (Fsp3) is 0.421. The van der Waals surface area contributed by atoms with Crippen molar-refractivity contribution in [2.24, 2.45) is 0 Å². The molecule has 2 heterocycles. The Morgan fingerprint density at radius 3 is 2.44 bits per heavy atom. The number of anilines is 1. The summed E-state index contributed by atoms with van der Waals surface area (Å²) in [5.41, 5.74) is 2.32. The van der Waals surface area contributed by atoms with E-state index in [1.807, 2.05) is 24.3 Å². The fourth-order valence-electron chi connectivity index (χ4n) is 3.18. The van der Waals surface area contributed by atoms with Crippen LogP contribution in [-0.4, -0.2) is 68.8 Å². The first-order valence-electron chi connectivity index (χ1n) is 8.83. The van der Waals surface area contributed by atoms with Gasteiger partial charge in [0.2, 0.25) is 5.91 Å². The number of rotatable bonds is 4. The second-order valence-electron chi connectivity index (χ2n) is 6.45. The molecule has 2 aliphatic heterocycles. The van der Waals surface area contributed by atoms with Crippen molar-refractivity contribution < 1.29 is 23.9 Å². The summed E-state index contributed by atoms with van der Waals surface area (Å²) >= 11 is 0. The lowest BCUT2D eigenvalue weighted by Crippen LogP contribution is -2.48. The van der Waals surface area contributed by atoms with Gasteiger partial charge < -0.3 is 24.6 Å². The smallest absolute Gasteiger partial charge is 0.409 e. The summed E-state index contributed by atoms with van der Waals surface area (Å²) in [5.74, 6) is -0.547. The van der Waals surface area contributed by atoms with E-state index in [0.29, 0.717) is 18.7 Å². The minimum Gasteiger partial charge on any atom is -0.453 e. The van der Waals surface area contributed by atoms with Gasteiger partial charge in [-0.3, -0.25) is 4.79 Å². The van der Waals surface area contributed by atoms with Crippen LogP contribution in [0.15, 0.2) is 30.3 Å². The van der Waals surface area contributed by atoms with Crippen LogP contribution in [0, 0.1) is 0 Å². The van der Waals surface area contributed by atoms with Crippen molar-refractivity contribution in [1.82, 2.24) is 10.2 Å². The van der Waals surface area contributed by atoms with Gasteiger partial charge in [-0.25, -0.2) is 9.59 Å². The Morgan fingerprint density at radius 2 is 1.85 bits per heavy atom. The van der Waals surface area contributed by atoms with Crippen LogP contribution in [0.1, 0.15) is 12.5 Å². The lowest BCUT2D eigenvalue weighted by Gasteiger charge is -2.35. The number of methoxy groups -OCH3 is 1. The molecular formula is C19H23N3O5. The van der Waals surface area contributed by atoms with Crippen LogP contribution in [0.3, 0.4) is 0 Å². The first-order valence-corrected chi connectivity index (χ1v) is 8.83. The molecule has 1 saturated heterocycles. The number of carbonyl (C=O) groups excluding carboxylic acids is 3. The van der Waals surface area contributed by atoms with Gasteiger partial charge in [0.25, 0.3) is 0 Å². The van der Waals surface area contributed by atoms with Crippen LogP contribution in [0.4, 0.5) is 10.5 Å². The highest BCUT2D eigenvalue weighted by Crippen LogP contribution is 2.26. The van der Waals surface area contributed by atoms with Gasteiger partial charge in [0.05, 0.1) is 19.2 Å². The van der Waals surface area contributed by atoms with Crippen molar-refractivity contribution >= 4 is 29.2 Å². The number of piperazine rings is 1. The number of carbonyl (C=O) groups is 3. The van der Waals surface area contributed by atoms with E-state index in [4.69, 9.17) is 9.47 Å². The van der Waals surface area contributed by atoms with Gasteiger partial charge in [-0.15, -0.1) is 0 Å². The van der Waals surface area contributed by atoms with Gasteiger partial charge in [-0.2, -0.15) is 0 Å². The van der Waals surface area contributed by atoms with Crippen LogP contribution in [0.2, 0.25) is 0 Å². The Morgan fingerprint density at radius 1 is 1.19 bits per heavy atom. The standard InChI is InChI=1S/C19H23N3O5/c1-13(23)20-12-16-11-17(18(24)27-16)14-3-5-15(6-4-14)21-7-9-22(10-8-21)19(25)26-2/h3-6,11,16H,7-10,12H2,1-2H3,(H,20,23)/t16-/m1/s1. The lowest BCUT2D eigenvalue weighted by atomic mass is 10.0. The first-order chi connectivity index (χ1) is 13.0. The molecule has 2 amide bonds. The Hall–Kier alpha value is -3.03. The molecule has 0 spiro atoms. The molecular weight excluding hydrogens is 350 g/mol. The average molecular weight is 373 g/mol. The molecule has 0 aliphatic carbocycles. The van der Waals surface area contributed by atoms with Crippen LogP contribution < -0.4 is 10.2 Å². The number of nitrogens with one attached hydrogen (secondary N) is 1. The maximum atomic E-state index is 12.1. The van der Waals surface area contributed by atoms with Crippen molar-refractivity contribution in [3.63, 3.8) is 0 Å². The van der Waals surface area contributed by atoms with E-state index in [1.54, 1.807) is 11.0 Å². The molecule has 0 unspecified atom stereocenters. The van der Waals surface area contributed by atoms with Gasteiger partial charge in [-0.1, -0.05) is 12.1 Å². The molecule has 0 radical (unpaired) electrons. The zero-order valence-electron chi connectivity index (χ0n) is 15.4. The minimum atomic E-state index is -0.442. The van der Waals surface area contributed by atoms with Crippen molar-refractivity contribution in [3.8, 4) is 0 Å². The maximum Gasteiger partial charge on any atom is 0.409 e. The van der Waals surface area contributed by atoms with E-state index in [0.717, 1.165) is 24.3 Å². The van der Waals surface area contributed by atoms with Gasteiger partial charge in [-0.05, 0) is 23.8 Å². The number of hydrogen-bond donors (Lipinski definition) is 1. The molecule has 0 saturated carbocycles. The Labute approximate surface area is 157 Å². The zero-order chi connectivity index (χ0) is 19.4. The zero-order valence-corrected chi connectivity index (χ0v) is 15.4. The monoisotopic (exact) mass is 373 g/mol. The number of hydrogen-bond acceptors (Lipinski definition) is 6. The largest absolute Gasteiger partial charge is 0.453 e. The predicted molar refractivity (Wildman–Crippen MR) is 99.2 cm³/mol.